The zero-order chi connectivity index (χ0) is 83.7. The van der Waals surface area contributed by atoms with Gasteiger partial charge in [-0.25, -0.2) is 0 Å². The zero-order valence-corrected chi connectivity index (χ0v) is 71.6. The van der Waals surface area contributed by atoms with Crippen LogP contribution in [0.15, 0.2) is 405 Å². The highest BCUT2D eigenvalue weighted by Gasteiger charge is 2.39. The standard InChI is InChI=1S/C58H45NO2.C42H35NO2.C16H11Br/c1-57(2)49-13-7-9-15-53(49)60-55-33-25-44(36-51(55)57)40-21-29-47(30-22-40)59(46-27-19-39(20-28-46)43-18-17-38-11-5-6-12-42(38)35-43)48-31-23-41(24-32-48)45-26-34-56-52(37-45)58(3,4)50-14-8-10-16-54(50)61-56;1-41(2)33-9-5-7-11-37(33)44-39-23-17-29(25-35(39)41)27-13-19-31(20-14-27)43-32-21-15-28(16-22-32)30-18-24-40-36(26-30)42(3,4)34-10-6-8-12-38(34)45-40;17-16-9-7-13(8-10-16)15-6-5-12-3-1-2-4-14(12)11-15/h5-37H,1-4H3;5-26,43H,1-4H3;1-11H. The van der Waals surface area contributed by atoms with Gasteiger partial charge in [0.05, 0.1) is 0 Å². The molecule has 0 radical (unpaired) electrons. The number of anilines is 5. The Balaban J connectivity index is 0.000000135. The molecule has 18 aromatic carbocycles. The van der Waals surface area contributed by atoms with Crippen LogP contribution in [0.25, 0.3) is 88.3 Å². The van der Waals surface area contributed by atoms with Crippen LogP contribution in [-0.4, -0.2) is 0 Å². The molecule has 0 aliphatic carbocycles. The van der Waals surface area contributed by atoms with Gasteiger partial charge < -0.3 is 29.2 Å². The highest BCUT2D eigenvalue weighted by atomic mass is 79.9. The molecule has 123 heavy (non-hydrogen) atoms. The summed E-state index contributed by atoms with van der Waals surface area (Å²) in [6.07, 6.45) is 0. The molecule has 0 saturated carbocycles. The SMILES string of the molecule is Brc1ccc(-c2ccc3ccccc3c2)cc1.CC1(C)c2ccccc2Oc2ccc(-c3ccc(N(c4ccc(-c5ccc6c(c5)C(C)(C)c5ccccc5O6)cc4)c4ccc(-c5ccc6ccccc6c5)cc4)cc3)cc21.CC1(C)c2ccccc2Oc2ccc(-c3ccc(Nc4ccc(-c5ccc6c(c5)C(C)(C)c5ccccc5O6)cc4)cc3)cc21. The lowest BCUT2D eigenvalue weighted by atomic mass is 9.75. The first-order valence-corrected chi connectivity index (χ1v) is 43.1. The van der Waals surface area contributed by atoms with Gasteiger partial charge in [-0.05, 0) is 246 Å². The molecule has 0 unspecified atom stereocenters. The van der Waals surface area contributed by atoms with Gasteiger partial charge in [0.25, 0.3) is 0 Å². The summed E-state index contributed by atoms with van der Waals surface area (Å²) in [5.74, 6) is 7.46. The highest BCUT2D eigenvalue weighted by molar-refractivity contribution is 9.10. The van der Waals surface area contributed by atoms with Gasteiger partial charge in [0.1, 0.15) is 46.0 Å². The average Bonchev–Trinajstić information content (AvgIpc) is 0.758. The Hall–Kier alpha value is -14.2. The second kappa shape index (κ2) is 31.4. The van der Waals surface area contributed by atoms with Gasteiger partial charge in [-0.3, -0.25) is 0 Å². The third-order valence-corrected chi connectivity index (χ3v) is 26.0. The Morgan fingerprint density at radius 3 is 0.691 bits per heavy atom. The first kappa shape index (κ1) is 77.4. The molecule has 0 bridgehead atoms. The molecule has 18 aromatic rings. The van der Waals surface area contributed by atoms with Gasteiger partial charge in [0.15, 0.2) is 0 Å². The molecular weight excluding hydrogens is 1570 g/mol. The topological polar surface area (TPSA) is 52.2 Å². The van der Waals surface area contributed by atoms with Crippen molar-refractivity contribution in [2.24, 2.45) is 0 Å². The third-order valence-electron chi connectivity index (χ3n) is 25.5. The molecule has 6 nitrogen and oxygen atoms in total. The van der Waals surface area contributed by atoms with Crippen LogP contribution in [0.4, 0.5) is 28.4 Å². The van der Waals surface area contributed by atoms with Crippen molar-refractivity contribution in [3.05, 3.63) is 449 Å². The van der Waals surface area contributed by atoms with E-state index >= 15 is 0 Å². The molecule has 0 atom stereocenters. The van der Waals surface area contributed by atoms with Crippen molar-refractivity contribution in [2.45, 2.75) is 77.0 Å². The first-order valence-electron chi connectivity index (χ1n) is 42.3. The van der Waals surface area contributed by atoms with E-state index in [-0.39, 0.29) is 21.7 Å². The van der Waals surface area contributed by atoms with E-state index in [1.165, 1.54) is 122 Å². The van der Waals surface area contributed by atoms with Gasteiger partial charge in [0.2, 0.25) is 0 Å². The van der Waals surface area contributed by atoms with Crippen molar-refractivity contribution in [1.82, 2.24) is 0 Å². The average molecular weight is 1660 g/mol. The van der Waals surface area contributed by atoms with Gasteiger partial charge in [-0.2, -0.15) is 0 Å². The summed E-state index contributed by atoms with van der Waals surface area (Å²) in [6, 6.07) is 142. The Bertz CT molecular complexity index is 6760. The minimum atomic E-state index is -0.184. The van der Waals surface area contributed by atoms with Crippen LogP contribution in [0.2, 0.25) is 0 Å². The van der Waals surface area contributed by atoms with Crippen LogP contribution in [0, 0.1) is 0 Å². The van der Waals surface area contributed by atoms with Crippen LogP contribution in [0.5, 0.6) is 46.0 Å². The number of rotatable bonds is 11. The largest absolute Gasteiger partial charge is 0.457 e. The molecule has 0 saturated heterocycles. The second-order valence-electron chi connectivity index (χ2n) is 34.6. The molecule has 4 heterocycles. The summed E-state index contributed by atoms with van der Waals surface area (Å²) < 4.78 is 26.4. The summed E-state index contributed by atoms with van der Waals surface area (Å²) in [7, 11) is 0. The summed E-state index contributed by atoms with van der Waals surface area (Å²) in [5, 5.41) is 8.63. The number of halogens is 1. The van der Waals surface area contributed by atoms with E-state index in [4.69, 9.17) is 18.9 Å². The lowest BCUT2D eigenvalue weighted by Gasteiger charge is -2.34. The predicted molar refractivity (Wildman–Crippen MR) is 514 cm³/mol. The van der Waals surface area contributed by atoms with Gasteiger partial charge >= 0.3 is 0 Å². The maximum Gasteiger partial charge on any atom is 0.131 e. The molecule has 4 aliphatic heterocycles. The Morgan fingerprint density at radius 1 is 0.195 bits per heavy atom. The maximum atomic E-state index is 6.38. The van der Waals surface area contributed by atoms with Gasteiger partial charge in [0, 0.05) is 99.1 Å². The van der Waals surface area contributed by atoms with E-state index < -0.39 is 0 Å². The quantitative estimate of drug-likeness (QED) is 0.139. The number of nitrogens with one attached hydrogen (secondary N) is 1. The van der Waals surface area contributed by atoms with Crippen LogP contribution >= 0.6 is 15.9 Å². The van der Waals surface area contributed by atoms with Gasteiger partial charge in [-0.1, -0.05) is 314 Å². The minimum Gasteiger partial charge on any atom is -0.457 e. The van der Waals surface area contributed by atoms with Crippen molar-refractivity contribution >= 4 is 65.9 Å². The molecule has 0 aromatic heterocycles. The number of benzene rings is 18. The second-order valence-corrected chi connectivity index (χ2v) is 35.5. The number of ether oxygens (including phenoxy) is 4. The van der Waals surface area contributed by atoms with Crippen LogP contribution in [-0.2, 0) is 21.7 Å². The number of hydrogen-bond acceptors (Lipinski definition) is 6. The Kier molecular flexibility index (Phi) is 19.8. The zero-order valence-electron chi connectivity index (χ0n) is 70.1. The number of hydrogen-bond donors (Lipinski definition) is 1. The molecular formula is C116H91BrN2O4. The van der Waals surface area contributed by atoms with E-state index in [1.54, 1.807) is 0 Å². The van der Waals surface area contributed by atoms with E-state index in [2.05, 4.69) is 458 Å². The molecule has 0 amide bonds. The van der Waals surface area contributed by atoms with E-state index in [0.29, 0.717) is 0 Å². The predicted octanol–water partition coefficient (Wildman–Crippen LogP) is 33.1. The minimum absolute atomic E-state index is 0.137. The highest BCUT2D eigenvalue weighted by Crippen LogP contribution is 2.54. The number of fused-ring (bicyclic) bond motifs is 10. The van der Waals surface area contributed by atoms with Crippen LogP contribution < -0.4 is 29.2 Å². The molecule has 7 heteroatoms. The van der Waals surface area contributed by atoms with E-state index in [9.17, 15) is 0 Å². The molecule has 0 spiro atoms. The monoisotopic (exact) mass is 1650 g/mol. The smallest absolute Gasteiger partial charge is 0.131 e. The van der Waals surface area contributed by atoms with Crippen molar-refractivity contribution in [1.29, 1.82) is 0 Å². The van der Waals surface area contributed by atoms with E-state index in [0.717, 1.165) is 90.0 Å². The summed E-state index contributed by atoms with van der Waals surface area (Å²) >= 11 is 3.46. The summed E-state index contributed by atoms with van der Waals surface area (Å²) in [5.41, 5.74) is 28.6. The van der Waals surface area contributed by atoms with Crippen molar-refractivity contribution < 1.29 is 18.9 Å². The number of nitrogens with zero attached hydrogens (tertiary/aromatic N) is 1. The maximum absolute atomic E-state index is 6.38. The molecule has 596 valence electrons. The number of para-hydroxylation sites is 4. The lowest BCUT2D eigenvalue weighted by molar-refractivity contribution is 0.418. The Morgan fingerprint density at radius 2 is 0.407 bits per heavy atom. The Labute approximate surface area is 729 Å². The summed E-state index contributed by atoms with van der Waals surface area (Å²) in [6.45, 7) is 18.2. The summed E-state index contributed by atoms with van der Waals surface area (Å²) in [4.78, 5) is 2.35. The normalized spacial score (nSPS) is 13.9. The fraction of sp³-hybridized carbons (Fsp3) is 0.103. The first-order chi connectivity index (χ1) is 59.8. The van der Waals surface area contributed by atoms with Gasteiger partial charge in [-0.15, -0.1) is 0 Å². The molecule has 1 N–H and O–H groups in total. The van der Waals surface area contributed by atoms with Crippen molar-refractivity contribution in [3.8, 4) is 113 Å². The molecule has 0 fully saturated rings. The third kappa shape index (κ3) is 14.8. The van der Waals surface area contributed by atoms with Crippen LogP contribution in [0.1, 0.15) is 99.9 Å². The fourth-order valence-corrected chi connectivity index (χ4v) is 18.6. The van der Waals surface area contributed by atoms with E-state index in [1.807, 2.05) is 24.3 Å². The lowest BCUT2D eigenvalue weighted by Crippen LogP contribution is -2.24. The van der Waals surface area contributed by atoms with Crippen molar-refractivity contribution in [2.75, 3.05) is 10.2 Å². The molecule has 22 rings (SSSR count). The van der Waals surface area contributed by atoms with Crippen molar-refractivity contribution in [3.63, 3.8) is 0 Å². The fourth-order valence-electron chi connectivity index (χ4n) is 18.4. The van der Waals surface area contributed by atoms with Crippen LogP contribution in [0.3, 0.4) is 0 Å². The molecule has 4 aliphatic rings.